The van der Waals surface area contributed by atoms with Gasteiger partial charge in [0.2, 0.25) is 0 Å². The Balaban J connectivity index is 1.81. The van der Waals surface area contributed by atoms with Gasteiger partial charge in [-0.2, -0.15) is 58.5 Å². The number of nitrogens with zero attached hydrogens (tertiary/aromatic N) is 5. The standard InChI is InChI=1S/C19H13F11N6O/c1-34-15(12(18(25,26)27)13(33-34)16(20,21)19(28,29)30)36-5-9(4-31-36)35-6-10(11(7-35)17(22,23)24)14(37)32-8-2-3-8/h4-8H,2-3H2,1H3,(H,32,37). The lowest BCUT2D eigenvalue weighted by Crippen LogP contribution is -2.36. The summed E-state index contributed by atoms with van der Waals surface area (Å²) in [5.74, 6) is -8.39. The molecule has 202 valence electrons. The minimum atomic E-state index is -6.41. The molecule has 37 heavy (non-hydrogen) atoms. The van der Waals surface area contributed by atoms with Gasteiger partial charge in [0, 0.05) is 25.5 Å². The highest BCUT2D eigenvalue weighted by molar-refractivity contribution is 5.96. The van der Waals surface area contributed by atoms with Crippen molar-refractivity contribution in [3.05, 3.63) is 47.2 Å². The van der Waals surface area contributed by atoms with Gasteiger partial charge in [0.15, 0.2) is 11.5 Å². The monoisotopic (exact) mass is 550 g/mol. The first-order valence-corrected chi connectivity index (χ1v) is 10.1. The number of aromatic nitrogens is 5. The number of hydrogen-bond acceptors (Lipinski definition) is 3. The van der Waals surface area contributed by atoms with Crippen LogP contribution in [0.4, 0.5) is 48.3 Å². The fourth-order valence-corrected chi connectivity index (χ4v) is 3.46. The van der Waals surface area contributed by atoms with E-state index in [0.29, 0.717) is 36.9 Å². The molecule has 0 saturated heterocycles. The lowest BCUT2D eigenvalue weighted by atomic mass is 10.1. The van der Waals surface area contributed by atoms with Crippen LogP contribution in [-0.4, -0.2) is 42.3 Å². The van der Waals surface area contributed by atoms with Crippen molar-refractivity contribution in [1.29, 1.82) is 0 Å². The molecule has 7 nitrogen and oxygen atoms in total. The van der Waals surface area contributed by atoms with Crippen LogP contribution in [0, 0.1) is 0 Å². The van der Waals surface area contributed by atoms with E-state index in [4.69, 9.17) is 0 Å². The maximum Gasteiger partial charge on any atom is 0.459 e. The number of aryl methyl sites for hydroxylation is 1. The normalized spacial score (nSPS) is 15.4. The number of hydrogen-bond donors (Lipinski definition) is 1. The second-order valence-corrected chi connectivity index (χ2v) is 8.12. The van der Waals surface area contributed by atoms with Crippen molar-refractivity contribution in [2.75, 3.05) is 0 Å². The van der Waals surface area contributed by atoms with Crippen molar-refractivity contribution in [2.24, 2.45) is 7.05 Å². The number of nitrogens with one attached hydrogen (secondary N) is 1. The summed E-state index contributed by atoms with van der Waals surface area (Å²) in [5, 5.41) is 8.59. The molecular formula is C19H13F11N6O. The number of carbonyl (C=O) groups is 1. The van der Waals surface area contributed by atoms with E-state index in [1.54, 1.807) is 0 Å². The summed E-state index contributed by atoms with van der Waals surface area (Å²) >= 11 is 0. The molecule has 0 aromatic carbocycles. The molecule has 0 radical (unpaired) electrons. The molecule has 1 amide bonds. The molecule has 1 aliphatic carbocycles. The minimum absolute atomic E-state index is 0.0832. The average Bonchev–Trinajstić information content (AvgIpc) is 3.15. The molecule has 0 unspecified atom stereocenters. The summed E-state index contributed by atoms with van der Waals surface area (Å²) in [5.41, 5.74) is -7.60. The molecule has 0 aliphatic heterocycles. The van der Waals surface area contributed by atoms with Gasteiger partial charge in [0.25, 0.3) is 5.91 Å². The zero-order valence-electron chi connectivity index (χ0n) is 18.1. The third-order valence-corrected chi connectivity index (χ3v) is 5.33. The molecule has 3 aromatic heterocycles. The third-order valence-electron chi connectivity index (χ3n) is 5.33. The Labute approximate surface area is 198 Å². The topological polar surface area (TPSA) is 69.7 Å². The summed E-state index contributed by atoms with van der Waals surface area (Å²) in [6.07, 6.45) is -13.5. The van der Waals surface area contributed by atoms with E-state index < -0.39 is 58.6 Å². The lowest BCUT2D eigenvalue weighted by molar-refractivity contribution is -0.292. The van der Waals surface area contributed by atoms with Crippen molar-refractivity contribution in [3.63, 3.8) is 0 Å². The summed E-state index contributed by atoms with van der Waals surface area (Å²) in [7, 11) is 0.652. The SMILES string of the molecule is Cn1nc(C(F)(F)C(F)(F)F)c(C(F)(F)F)c1-n1cc(-n2cc(C(=O)NC3CC3)c(C(F)(F)F)c2)cn1. The van der Waals surface area contributed by atoms with E-state index in [1.807, 2.05) is 0 Å². The maximum absolute atomic E-state index is 13.9. The Morgan fingerprint density at radius 3 is 2.08 bits per heavy atom. The first-order chi connectivity index (χ1) is 16.8. The molecule has 1 aliphatic rings. The Bertz CT molecular complexity index is 1340. The molecular weight excluding hydrogens is 537 g/mol. The van der Waals surface area contributed by atoms with E-state index in [0.717, 1.165) is 12.4 Å². The second-order valence-electron chi connectivity index (χ2n) is 8.12. The molecule has 1 N–H and O–H groups in total. The molecule has 4 rings (SSSR count). The van der Waals surface area contributed by atoms with E-state index in [2.05, 4.69) is 15.5 Å². The van der Waals surface area contributed by atoms with Crippen LogP contribution < -0.4 is 5.32 Å². The van der Waals surface area contributed by atoms with Gasteiger partial charge in [0.1, 0.15) is 5.56 Å². The largest absolute Gasteiger partial charge is 0.459 e. The Kier molecular flexibility index (Phi) is 5.87. The first-order valence-electron chi connectivity index (χ1n) is 10.1. The van der Waals surface area contributed by atoms with E-state index in [1.165, 1.54) is 0 Å². The molecule has 1 fully saturated rings. The van der Waals surface area contributed by atoms with Crippen LogP contribution in [0.5, 0.6) is 0 Å². The van der Waals surface area contributed by atoms with Crippen LogP contribution in [0.3, 0.4) is 0 Å². The van der Waals surface area contributed by atoms with E-state index in [-0.39, 0.29) is 21.1 Å². The summed E-state index contributed by atoms with van der Waals surface area (Å²) in [6.45, 7) is 0. The summed E-state index contributed by atoms with van der Waals surface area (Å²) in [6, 6.07) is -0.297. The highest BCUT2D eigenvalue weighted by Gasteiger charge is 2.64. The molecule has 3 aromatic rings. The van der Waals surface area contributed by atoms with Crippen LogP contribution >= 0.6 is 0 Å². The van der Waals surface area contributed by atoms with Crippen molar-refractivity contribution < 1.29 is 53.1 Å². The van der Waals surface area contributed by atoms with Gasteiger partial charge in [-0.1, -0.05) is 0 Å². The zero-order chi connectivity index (χ0) is 27.7. The number of halogens is 11. The van der Waals surface area contributed by atoms with Gasteiger partial charge in [-0.05, 0) is 12.8 Å². The third kappa shape index (κ3) is 4.75. The van der Waals surface area contributed by atoms with Crippen LogP contribution in [0.2, 0.25) is 0 Å². The van der Waals surface area contributed by atoms with Gasteiger partial charge in [-0.15, -0.1) is 0 Å². The molecule has 3 heterocycles. The van der Waals surface area contributed by atoms with E-state index in [9.17, 15) is 53.1 Å². The minimum Gasteiger partial charge on any atom is -0.349 e. The smallest absolute Gasteiger partial charge is 0.349 e. The molecule has 0 atom stereocenters. The van der Waals surface area contributed by atoms with E-state index >= 15 is 0 Å². The fourth-order valence-electron chi connectivity index (χ4n) is 3.46. The number of amides is 1. The van der Waals surface area contributed by atoms with Crippen molar-refractivity contribution in [1.82, 2.24) is 29.4 Å². The lowest BCUT2D eigenvalue weighted by Gasteiger charge is -2.19. The second kappa shape index (κ2) is 8.20. The number of alkyl halides is 11. The van der Waals surface area contributed by atoms with Gasteiger partial charge in [-0.3, -0.25) is 4.79 Å². The van der Waals surface area contributed by atoms with Crippen LogP contribution in [0.1, 0.15) is 40.0 Å². The highest BCUT2D eigenvalue weighted by atomic mass is 19.4. The fraction of sp³-hybridized carbons (Fsp3) is 0.421. The quantitative estimate of drug-likeness (QED) is 0.456. The zero-order valence-corrected chi connectivity index (χ0v) is 18.1. The number of rotatable bonds is 5. The van der Waals surface area contributed by atoms with Crippen LogP contribution in [-0.2, 0) is 25.3 Å². The molecule has 1 saturated carbocycles. The van der Waals surface area contributed by atoms with Crippen molar-refractivity contribution in [3.8, 4) is 11.5 Å². The van der Waals surface area contributed by atoms with Gasteiger partial charge in [-0.25, -0.2) is 9.36 Å². The van der Waals surface area contributed by atoms with Gasteiger partial charge >= 0.3 is 24.5 Å². The van der Waals surface area contributed by atoms with Crippen molar-refractivity contribution in [2.45, 2.75) is 43.3 Å². The number of carbonyl (C=O) groups excluding carboxylic acids is 1. The van der Waals surface area contributed by atoms with Crippen molar-refractivity contribution >= 4 is 5.91 Å². The summed E-state index contributed by atoms with van der Waals surface area (Å²) < 4.78 is 149. The highest BCUT2D eigenvalue weighted by Crippen LogP contribution is 2.49. The maximum atomic E-state index is 13.9. The van der Waals surface area contributed by atoms with Gasteiger partial charge in [0.05, 0.1) is 29.2 Å². The van der Waals surface area contributed by atoms with Gasteiger partial charge < -0.3 is 9.88 Å². The van der Waals surface area contributed by atoms with Crippen LogP contribution in [0.25, 0.3) is 11.5 Å². The summed E-state index contributed by atoms with van der Waals surface area (Å²) in [4.78, 5) is 12.3. The molecule has 18 heteroatoms. The predicted molar refractivity (Wildman–Crippen MR) is 100 cm³/mol. The Morgan fingerprint density at radius 1 is 0.946 bits per heavy atom. The first kappa shape index (κ1) is 26.5. The molecule has 0 bridgehead atoms. The molecule has 0 spiro atoms. The Morgan fingerprint density at radius 2 is 1.57 bits per heavy atom. The average molecular weight is 550 g/mol. The van der Waals surface area contributed by atoms with Crippen LogP contribution in [0.15, 0.2) is 24.8 Å². The Hall–Kier alpha value is -3.60. The predicted octanol–water partition coefficient (Wildman–Crippen LogP) is 4.98.